The first-order valence-electron chi connectivity index (χ1n) is 6.34. The van der Waals surface area contributed by atoms with Crippen molar-refractivity contribution in [2.75, 3.05) is 0 Å². The van der Waals surface area contributed by atoms with Crippen molar-refractivity contribution in [2.24, 2.45) is 0 Å². The molecule has 0 N–H and O–H groups in total. The number of nitrogens with zero attached hydrogens (tertiary/aromatic N) is 3. The molecule has 0 saturated heterocycles. The maximum Gasteiger partial charge on any atom is 0.0945 e. The highest BCUT2D eigenvalue weighted by atomic mass is 15.0. The van der Waals surface area contributed by atoms with E-state index < -0.39 is 0 Å². The molecule has 0 unspecified atom stereocenters. The molecule has 3 nitrogen and oxygen atoms in total. The van der Waals surface area contributed by atoms with Crippen molar-refractivity contribution in [1.82, 2.24) is 14.1 Å². The largest absolute Gasteiger partial charge is 0.347 e. The van der Waals surface area contributed by atoms with Crippen LogP contribution in [0.2, 0.25) is 0 Å². The van der Waals surface area contributed by atoms with Crippen LogP contribution in [0.3, 0.4) is 0 Å². The van der Waals surface area contributed by atoms with Gasteiger partial charge in [-0.3, -0.25) is 0 Å². The fourth-order valence-corrected chi connectivity index (χ4v) is 2.36. The standard InChI is InChI=1S/C15H17N3/c1-13-3-4-15-14(11-13)5-9-18(15)8-2-7-17-10-6-16-12-17/h3-6,9-12H,2,7-8H2,1H3. The zero-order valence-electron chi connectivity index (χ0n) is 10.6. The van der Waals surface area contributed by atoms with E-state index in [1.54, 1.807) is 0 Å². The molecule has 2 aromatic heterocycles. The van der Waals surface area contributed by atoms with Crippen LogP contribution in [0, 0.1) is 6.92 Å². The lowest BCUT2D eigenvalue weighted by Gasteiger charge is -2.06. The lowest BCUT2D eigenvalue weighted by atomic mass is 10.2. The third-order valence-corrected chi connectivity index (χ3v) is 3.30. The van der Waals surface area contributed by atoms with E-state index in [1.165, 1.54) is 16.5 Å². The van der Waals surface area contributed by atoms with Gasteiger partial charge in [0.1, 0.15) is 0 Å². The molecule has 2 heterocycles. The second-order valence-electron chi connectivity index (χ2n) is 4.73. The van der Waals surface area contributed by atoms with E-state index in [9.17, 15) is 0 Å². The van der Waals surface area contributed by atoms with Crippen LogP contribution in [0.25, 0.3) is 10.9 Å². The minimum atomic E-state index is 1.02. The quantitative estimate of drug-likeness (QED) is 0.685. The summed E-state index contributed by atoms with van der Waals surface area (Å²) >= 11 is 0. The van der Waals surface area contributed by atoms with E-state index in [2.05, 4.69) is 51.5 Å². The van der Waals surface area contributed by atoms with Crippen molar-refractivity contribution < 1.29 is 0 Å². The maximum atomic E-state index is 4.05. The topological polar surface area (TPSA) is 22.8 Å². The van der Waals surface area contributed by atoms with E-state index in [1.807, 2.05) is 18.7 Å². The Balaban J connectivity index is 1.71. The number of fused-ring (bicyclic) bond motifs is 1. The van der Waals surface area contributed by atoms with Crippen molar-refractivity contribution in [3.63, 3.8) is 0 Å². The molecule has 1 aromatic carbocycles. The summed E-state index contributed by atoms with van der Waals surface area (Å²) in [6, 6.07) is 8.82. The van der Waals surface area contributed by atoms with Crippen LogP contribution in [0.1, 0.15) is 12.0 Å². The molecule has 0 bridgehead atoms. The van der Waals surface area contributed by atoms with Gasteiger partial charge in [0.15, 0.2) is 0 Å². The Kier molecular flexibility index (Phi) is 2.89. The maximum absolute atomic E-state index is 4.05. The van der Waals surface area contributed by atoms with Gasteiger partial charge in [-0.25, -0.2) is 4.98 Å². The van der Waals surface area contributed by atoms with Crippen LogP contribution >= 0.6 is 0 Å². The number of benzene rings is 1. The van der Waals surface area contributed by atoms with Gasteiger partial charge < -0.3 is 9.13 Å². The molecule has 0 amide bonds. The number of imidazole rings is 1. The third-order valence-electron chi connectivity index (χ3n) is 3.30. The van der Waals surface area contributed by atoms with E-state index in [4.69, 9.17) is 0 Å². The summed E-state index contributed by atoms with van der Waals surface area (Å²) in [6.07, 6.45) is 9.01. The monoisotopic (exact) mass is 239 g/mol. The van der Waals surface area contributed by atoms with E-state index in [0.717, 1.165) is 19.5 Å². The highest BCUT2D eigenvalue weighted by Crippen LogP contribution is 2.17. The van der Waals surface area contributed by atoms with Gasteiger partial charge in [0.05, 0.1) is 6.33 Å². The first-order chi connectivity index (χ1) is 8.83. The predicted molar refractivity (Wildman–Crippen MR) is 73.5 cm³/mol. The van der Waals surface area contributed by atoms with E-state index in [0.29, 0.717) is 0 Å². The molecule has 0 aliphatic heterocycles. The molecule has 0 fully saturated rings. The van der Waals surface area contributed by atoms with Crippen LogP contribution in [-0.4, -0.2) is 14.1 Å². The number of aromatic nitrogens is 3. The molecule has 18 heavy (non-hydrogen) atoms. The minimum absolute atomic E-state index is 1.02. The normalized spacial score (nSPS) is 11.2. The highest BCUT2D eigenvalue weighted by Gasteiger charge is 2.00. The summed E-state index contributed by atoms with van der Waals surface area (Å²) in [7, 11) is 0. The van der Waals surface area contributed by atoms with Gasteiger partial charge >= 0.3 is 0 Å². The van der Waals surface area contributed by atoms with E-state index in [-0.39, 0.29) is 0 Å². The predicted octanol–water partition coefficient (Wildman–Crippen LogP) is 3.24. The molecule has 0 radical (unpaired) electrons. The van der Waals surface area contributed by atoms with Crippen molar-refractivity contribution in [1.29, 1.82) is 0 Å². The molecule has 0 aliphatic rings. The third kappa shape index (κ3) is 2.16. The molecular weight excluding hydrogens is 222 g/mol. The highest BCUT2D eigenvalue weighted by molar-refractivity contribution is 5.80. The van der Waals surface area contributed by atoms with Crippen molar-refractivity contribution >= 4 is 10.9 Å². The molecule has 0 spiro atoms. The van der Waals surface area contributed by atoms with Crippen LogP contribution in [0.5, 0.6) is 0 Å². The smallest absolute Gasteiger partial charge is 0.0945 e. The van der Waals surface area contributed by atoms with Crippen LogP contribution < -0.4 is 0 Å². The number of hydrogen-bond acceptors (Lipinski definition) is 1. The molecule has 3 heteroatoms. The molecule has 0 saturated carbocycles. The second-order valence-corrected chi connectivity index (χ2v) is 4.73. The van der Waals surface area contributed by atoms with Gasteiger partial charge in [-0.1, -0.05) is 11.6 Å². The van der Waals surface area contributed by atoms with Gasteiger partial charge in [-0.2, -0.15) is 0 Å². The lowest BCUT2D eigenvalue weighted by Crippen LogP contribution is -2.01. The molecule has 0 atom stereocenters. The Labute approximate surface area is 107 Å². The summed E-state index contributed by atoms with van der Waals surface area (Å²) in [6.45, 7) is 4.20. The van der Waals surface area contributed by atoms with Gasteiger partial charge in [0.2, 0.25) is 0 Å². The average molecular weight is 239 g/mol. The molecule has 3 rings (SSSR count). The Bertz CT molecular complexity index is 635. The number of hydrogen-bond donors (Lipinski definition) is 0. The van der Waals surface area contributed by atoms with Crippen molar-refractivity contribution in [3.8, 4) is 0 Å². The van der Waals surface area contributed by atoms with Gasteiger partial charge in [-0.05, 0) is 36.9 Å². The van der Waals surface area contributed by atoms with Gasteiger partial charge in [-0.15, -0.1) is 0 Å². The minimum Gasteiger partial charge on any atom is -0.347 e. The fraction of sp³-hybridized carbons (Fsp3) is 0.267. The van der Waals surface area contributed by atoms with E-state index >= 15 is 0 Å². The average Bonchev–Trinajstić information content (AvgIpc) is 2.99. The van der Waals surface area contributed by atoms with Crippen molar-refractivity contribution in [2.45, 2.75) is 26.4 Å². The summed E-state index contributed by atoms with van der Waals surface area (Å²) in [5.41, 5.74) is 2.64. The lowest BCUT2D eigenvalue weighted by molar-refractivity contribution is 0.573. The van der Waals surface area contributed by atoms with Gasteiger partial charge in [0.25, 0.3) is 0 Å². The van der Waals surface area contributed by atoms with Crippen LogP contribution in [0.4, 0.5) is 0 Å². The number of aryl methyl sites for hydroxylation is 3. The summed E-state index contributed by atoms with van der Waals surface area (Å²) in [5, 5.41) is 1.33. The van der Waals surface area contributed by atoms with Gasteiger partial charge in [0, 0.05) is 37.2 Å². The molecule has 0 aliphatic carbocycles. The molecule has 92 valence electrons. The Morgan fingerprint density at radius 3 is 2.89 bits per heavy atom. The summed E-state index contributed by atoms with van der Waals surface area (Å²) < 4.78 is 4.45. The van der Waals surface area contributed by atoms with Crippen LogP contribution in [0.15, 0.2) is 49.2 Å². The SMILES string of the molecule is Cc1ccc2c(ccn2CCCn2ccnc2)c1. The zero-order chi connectivity index (χ0) is 12.4. The first-order valence-corrected chi connectivity index (χ1v) is 6.34. The Morgan fingerprint density at radius 2 is 2.06 bits per heavy atom. The Morgan fingerprint density at radius 1 is 1.11 bits per heavy atom. The molecule has 3 aromatic rings. The second kappa shape index (κ2) is 4.69. The van der Waals surface area contributed by atoms with Crippen molar-refractivity contribution in [3.05, 3.63) is 54.7 Å². The summed E-state index contributed by atoms with van der Waals surface area (Å²) in [5.74, 6) is 0. The first kappa shape index (κ1) is 11.1. The van der Waals surface area contributed by atoms with Crippen LogP contribution in [-0.2, 0) is 13.1 Å². The molecular formula is C15H17N3. The zero-order valence-corrected chi connectivity index (χ0v) is 10.6. The number of rotatable bonds is 4. The Hall–Kier alpha value is -2.03. The fourth-order valence-electron chi connectivity index (χ4n) is 2.36. The summed E-state index contributed by atoms with van der Waals surface area (Å²) in [4.78, 5) is 4.05.